The third-order valence-corrected chi connectivity index (χ3v) is 2.91. The van der Waals surface area contributed by atoms with Gasteiger partial charge in [0.25, 0.3) is 0 Å². The molecule has 1 aliphatic heterocycles. The van der Waals surface area contributed by atoms with Gasteiger partial charge in [-0.3, -0.25) is 0 Å². The van der Waals surface area contributed by atoms with Crippen LogP contribution in [0.5, 0.6) is 5.75 Å². The molecule has 0 saturated carbocycles. The fraction of sp³-hybridized carbons (Fsp3) is 0.400. The highest BCUT2D eigenvalue weighted by Crippen LogP contribution is 2.21. The van der Waals surface area contributed by atoms with Gasteiger partial charge in [0.05, 0.1) is 0 Å². The van der Waals surface area contributed by atoms with Crippen LogP contribution in [0.3, 0.4) is 0 Å². The van der Waals surface area contributed by atoms with Crippen molar-refractivity contribution in [3.8, 4) is 5.75 Å². The lowest BCUT2D eigenvalue weighted by Gasteiger charge is -2.29. The number of nitrogens with zero attached hydrogens (tertiary/aromatic N) is 1. The molecule has 0 radical (unpaired) electrons. The molecule has 0 amide bonds. The van der Waals surface area contributed by atoms with E-state index in [1.165, 1.54) is 12.1 Å². The summed E-state index contributed by atoms with van der Waals surface area (Å²) in [5.74, 6) is -0.0219. The number of hydrogen-bond acceptors (Lipinski definition) is 5. The zero-order valence-electron chi connectivity index (χ0n) is 9.91. The number of anilines is 1. The minimum Gasteiger partial charge on any atom is -0.369 e. The molecule has 0 aliphatic carbocycles. The van der Waals surface area contributed by atoms with Crippen molar-refractivity contribution in [3.63, 3.8) is 0 Å². The Morgan fingerprint density at radius 3 is 2.11 bits per heavy atom. The Bertz CT molecular complexity index is 478. The van der Waals surface area contributed by atoms with E-state index in [1.54, 1.807) is 12.1 Å². The van der Waals surface area contributed by atoms with Gasteiger partial charge in [0.1, 0.15) is 5.75 Å². The van der Waals surface area contributed by atoms with Crippen LogP contribution in [0.1, 0.15) is 0 Å². The van der Waals surface area contributed by atoms with Crippen molar-refractivity contribution in [3.05, 3.63) is 24.3 Å². The summed E-state index contributed by atoms with van der Waals surface area (Å²) in [5, 5.41) is 3.23. The SMILES string of the molecule is Cl.Cl.O=S(=O)(F)Oc1ccc(N2CCNCC2)cc1. The minimum absolute atomic E-state index is 0. The summed E-state index contributed by atoms with van der Waals surface area (Å²) in [6, 6.07) is 6.31. The van der Waals surface area contributed by atoms with Crippen molar-refractivity contribution >= 4 is 41.0 Å². The van der Waals surface area contributed by atoms with Gasteiger partial charge in [-0.1, -0.05) is 3.89 Å². The van der Waals surface area contributed by atoms with Gasteiger partial charge in [0, 0.05) is 31.9 Å². The smallest absolute Gasteiger partial charge is 0.369 e. The predicted octanol–water partition coefficient (Wildman–Crippen LogP) is 1.53. The van der Waals surface area contributed by atoms with Crippen LogP contribution < -0.4 is 14.4 Å². The molecule has 1 aromatic rings. The maximum atomic E-state index is 12.3. The molecule has 110 valence electrons. The zero-order chi connectivity index (χ0) is 12.3. The van der Waals surface area contributed by atoms with Gasteiger partial charge < -0.3 is 14.4 Å². The number of nitrogens with one attached hydrogen (secondary N) is 1. The highest BCUT2D eigenvalue weighted by Gasteiger charge is 2.12. The van der Waals surface area contributed by atoms with E-state index in [9.17, 15) is 12.3 Å². The average Bonchev–Trinajstić information content (AvgIpc) is 2.29. The molecule has 0 unspecified atom stereocenters. The van der Waals surface area contributed by atoms with E-state index in [2.05, 4.69) is 14.4 Å². The van der Waals surface area contributed by atoms with Crippen LogP contribution in [-0.2, 0) is 10.5 Å². The Balaban J connectivity index is 0.00000162. The first kappa shape index (κ1) is 18.2. The molecule has 9 heteroatoms. The second-order valence-electron chi connectivity index (χ2n) is 3.71. The number of hydrogen-bond donors (Lipinski definition) is 1. The maximum absolute atomic E-state index is 12.3. The first-order valence-corrected chi connectivity index (χ1v) is 6.55. The molecule has 1 heterocycles. The van der Waals surface area contributed by atoms with Gasteiger partial charge in [-0.25, -0.2) is 0 Å². The van der Waals surface area contributed by atoms with Gasteiger partial charge >= 0.3 is 10.5 Å². The van der Waals surface area contributed by atoms with E-state index < -0.39 is 10.5 Å². The van der Waals surface area contributed by atoms with E-state index in [1.807, 2.05) is 0 Å². The number of benzene rings is 1. The third-order valence-electron chi connectivity index (χ3n) is 2.51. The normalized spacial score (nSPS) is 15.1. The first-order chi connectivity index (χ1) is 8.04. The molecule has 1 fully saturated rings. The second-order valence-corrected chi connectivity index (χ2v) is 4.66. The molecule has 0 spiro atoms. The molecule has 0 bridgehead atoms. The lowest BCUT2D eigenvalue weighted by atomic mass is 10.2. The van der Waals surface area contributed by atoms with Crippen molar-refractivity contribution in [2.75, 3.05) is 31.1 Å². The van der Waals surface area contributed by atoms with Crippen molar-refractivity contribution < 1.29 is 16.5 Å². The molecule has 0 atom stereocenters. The highest BCUT2D eigenvalue weighted by molar-refractivity contribution is 7.81. The van der Waals surface area contributed by atoms with Crippen molar-refractivity contribution in [1.82, 2.24) is 5.32 Å². The van der Waals surface area contributed by atoms with Crippen molar-refractivity contribution in [1.29, 1.82) is 0 Å². The molecular formula is C10H15Cl2FN2O3S. The van der Waals surface area contributed by atoms with Crippen LogP contribution in [0, 0.1) is 0 Å². The molecule has 5 nitrogen and oxygen atoms in total. The van der Waals surface area contributed by atoms with Crippen LogP contribution >= 0.6 is 24.8 Å². The summed E-state index contributed by atoms with van der Waals surface area (Å²) in [6.07, 6.45) is 0. The molecule has 19 heavy (non-hydrogen) atoms. The standard InChI is InChI=1S/C10H13FN2O3S.2ClH/c11-17(14,15)16-10-3-1-9(2-4-10)13-7-5-12-6-8-13;;/h1-4,12H,5-8H2;2*1H. The molecule has 0 aromatic heterocycles. The van der Waals surface area contributed by atoms with E-state index in [0.717, 1.165) is 31.9 Å². The van der Waals surface area contributed by atoms with Gasteiger partial charge in [0.2, 0.25) is 0 Å². The van der Waals surface area contributed by atoms with E-state index in [0.29, 0.717) is 0 Å². The van der Waals surface area contributed by atoms with Crippen molar-refractivity contribution in [2.24, 2.45) is 0 Å². The van der Waals surface area contributed by atoms with E-state index in [4.69, 9.17) is 0 Å². The monoisotopic (exact) mass is 332 g/mol. The van der Waals surface area contributed by atoms with Gasteiger partial charge in [-0.2, -0.15) is 8.42 Å². The summed E-state index contributed by atoms with van der Waals surface area (Å²) in [6.45, 7) is 3.61. The molecule has 1 N–H and O–H groups in total. The van der Waals surface area contributed by atoms with E-state index >= 15 is 0 Å². The third kappa shape index (κ3) is 5.82. The molecule has 2 rings (SSSR count). The predicted molar refractivity (Wildman–Crippen MR) is 76.7 cm³/mol. The zero-order valence-corrected chi connectivity index (χ0v) is 12.4. The molecular weight excluding hydrogens is 318 g/mol. The maximum Gasteiger partial charge on any atom is 0.488 e. The Kier molecular flexibility index (Phi) is 7.43. The van der Waals surface area contributed by atoms with Crippen LogP contribution in [0.2, 0.25) is 0 Å². The highest BCUT2D eigenvalue weighted by atomic mass is 35.5. The summed E-state index contributed by atoms with van der Waals surface area (Å²) in [5.41, 5.74) is 0.968. The van der Waals surface area contributed by atoms with Crippen molar-refractivity contribution in [2.45, 2.75) is 0 Å². The Hall–Kier alpha value is -0.760. The summed E-state index contributed by atoms with van der Waals surface area (Å²) in [7, 11) is -4.94. The lowest BCUT2D eigenvalue weighted by molar-refractivity contribution is 0.440. The number of rotatable bonds is 3. The van der Waals surface area contributed by atoms with Gasteiger partial charge in [-0.05, 0) is 24.3 Å². The minimum atomic E-state index is -4.94. The summed E-state index contributed by atoms with van der Waals surface area (Å²) in [4.78, 5) is 2.16. The molecule has 1 aliphatic rings. The van der Waals surface area contributed by atoms with E-state index in [-0.39, 0.29) is 30.6 Å². The van der Waals surface area contributed by atoms with Crippen LogP contribution in [0.15, 0.2) is 24.3 Å². The molecule has 1 saturated heterocycles. The second kappa shape index (κ2) is 7.74. The van der Waals surface area contributed by atoms with Crippen LogP contribution in [0.25, 0.3) is 0 Å². The average molecular weight is 333 g/mol. The Morgan fingerprint density at radius 1 is 1.11 bits per heavy atom. The van der Waals surface area contributed by atoms with Crippen LogP contribution in [0.4, 0.5) is 9.57 Å². The quantitative estimate of drug-likeness (QED) is 0.851. The summed E-state index contributed by atoms with van der Waals surface area (Å²) >= 11 is 0. The topological polar surface area (TPSA) is 58.6 Å². The number of piperazine rings is 1. The fourth-order valence-corrected chi connectivity index (χ4v) is 2.09. The Morgan fingerprint density at radius 2 is 1.63 bits per heavy atom. The van der Waals surface area contributed by atoms with Crippen LogP contribution in [-0.4, -0.2) is 34.6 Å². The van der Waals surface area contributed by atoms with Gasteiger partial charge in [0.15, 0.2) is 0 Å². The fourth-order valence-electron chi connectivity index (χ4n) is 1.75. The number of halogens is 3. The molecule has 1 aromatic carbocycles. The summed E-state index contributed by atoms with van der Waals surface area (Å²) < 4.78 is 36.9. The lowest BCUT2D eigenvalue weighted by Crippen LogP contribution is -2.43. The largest absolute Gasteiger partial charge is 0.488 e. The first-order valence-electron chi connectivity index (χ1n) is 5.24. The Labute approximate surface area is 124 Å². The van der Waals surface area contributed by atoms with Gasteiger partial charge in [-0.15, -0.1) is 24.8 Å².